The molecule has 0 bridgehead atoms. The van der Waals surface area contributed by atoms with Gasteiger partial charge < -0.3 is 14.6 Å². The minimum absolute atomic E-state index is 0.0900. The van der Waals surface area contributed by atoms with Crippen LogP contribution in [0.1, 0.15) is 20.8 Å². The fourth-order valence-electron chi connectivity index (χ4n) is 4.29. The maximum absolute atomic E-state index is 13.6. The highest BCUT2D eigenvalue weighted by Crippen LogP contribution is 2.43. The molecule has 0 spiro atoms. The van der Waals surface area contributed by atoms with Gasteiger partial charge in [-0.3, -0.25) is 14.1 Å². The van der Waals surface area contributed by atoms with E-state index in [4.69, 9.17) is 9.47 Å². The van der Waals surface area contributed by atoms with Crippen LogP contribution in [-0.2, 0) is 0 Å². The molecule has 0 saturated carbocycles. The number of ketones is 1. The summed E-state index contributed by atoms with van der Waals surface area (Å²) in [5, 5.41) is 10.6. The molecule has 1 aromatic heterocycles. The van der Waals surface area contributed by atoms with Gasteiger partial charge in [-0.05, 0) is 73.2 Å². The molecule has 0 atom stereocenters. The zero-order valence-electron chi connectivity index (χ0n) is 19.7. The van der Waals surface area contributed by atoms with Gasteiger partial charge in [-0.1, -0.05) is 0 Å². The lowest BCUT2D eigenvalue weighted by Gasteiger charge is -2.37. The summed E-state index contributed by atoms with van der Waals surface area (Å²) in [5.74, 6) is 1.16. The Morgan fingerprint density at radius 1 is 1.08 bits per heavy atom. The monoisotopic (exact) mass is 509 g/mol. The number of carbonyl (C=O) groups excluding carboxylic acids is 1. The van der Waals surface area contributed by atoms with Crippen molar-refractivity contribution in [2.45, 2.75) is 6.92 Å². The number of aromatic hydroxyl groups is 1. The summed E-state index contributed by atoms with van der Waals surface area (Å²) in [5.41, 5.74) is 0.923. The van der Waals surface area contributed by atoms with Crippen LogP contribution in [0.4, 0.5) is 8.78 Å². The third-order valence-electron chi connectivity index (χ3n) is 6.24. The van der Waals surface area contributed by atoms with Crippen molar-refractivity contribution in [3.63, 3.8) is 0 Å². The predicted octanol–water partition coefficient (Wildman–Crippen LogP) is 6.36. The van der Waals surface area contributed by atoms with Crippen molar-refractivity contribution in [2.24, 2.45) is 5.92 Å². The van der Waals surface area contributed by atoms with E-state index in [0.717, 1.165) is 19.6 Å². The molecule has 4 aromatic rings. The van der Waals surface area contributed by atoms with Gasteiger partial charge in [0.2, 0.25) is 5.78 Å². The van der Waals surface area contributed by atoms with Crippen LogP contribution in [0, 0.1) is 18.7 Å². The van der Waals surface area contributed by atoms with Crippen molar-refractivity contribution in [1.29, 1.82) is 0 Å². The number of ether oxygens (including phenoxy) is 2. The maximum Gasteiger partial charge on any atom is 0.207 e. The molecule has 5 nitrogen and oxygen atoms in total. The van der Waals surface area contributed by atoms with Gasteiger partial charge in [-0.2, -0.15) is 0 Å². The Balaban J connectivity index is 1.35. The second-order valence-corrected chi connectivity index (χ2v) is 9.98. The minimum atomic E-state index is -0.405. The van der Waals surface area contributed by atoms with Crippen molar-refractivity contribution in [1.82, 2.24) is 4.90 Å². The van der Waals surface area contributed by atoms with E-state index < -0.39 is 5.82 Å². The number of alkyl halides is 1. The summed E-state index contributed by atoms with van der Waals surface area (Å²) >= 11 is 1.22. The molecule has 0 unspecified atom stereocenters. The van der Waals surface area contributed by atoms with Crippen molar-refractivity contribution in [2.75, 3.05) is 32.9 Å². The van der Waals surface area contributed by atoms with E-state index in [1.54, 1.807) is 49.4 Å². The molecule has 1 saturated heterocycles. The normalized spacial score (nSPS) is 14.1. The third-order valence-corrected chi connectivity index (χ3v) is 7.37. The summed E-state index contributed by atoms with van der Waals surface area (Å²) in [6.45, 7) is 4.23. The summed E-state index contributed by atoms with van der Waals surface area (Å²) in [4.78, 5) is 16.0. The Bertz CT molecular complexity index is 1400. The van der Waals surface area contributed by atoms with E-state index in [1.807, 2.05) is 0 Å². The van der Waals surface area contributed by atoms with Crippen LogP contribution >= 0.6 is 11.3 Å². The van der Waals surface area contributed by atoms with Gasteiger partial charge in [-0.25, -0.2) is 4.39 Å². The Labute approximate surface area is 211 Å². The van der Waals surface area contributed by atoms with E-state index in [1.165, 1.54) is 29.5 Å². The van der Waals surface area contributed by atoms with E-state index in [2.05, 4.69) is 4.90 Å². The van der Waals surface area contributed by atoms with Crippen LogP contribution in [0.2, 0.25) is 0 Å². The number of halogens is 2. The second-order valence-electron chi connectivity index (χ2n) is 8.93. The molecular formula is C28H25F2NO4S. The van der Waals surface area contributed by atoms with E-state index >= 15 is 0 Å². The van der Waals surface area contributed by atoms with Gasteiger partial charge in [-0.15, -0.1) is 11.3 Å². The van der Waals surface area contributed by atoms with Gasteiger partial charge in [0.1, 0.15) is 34.5 Å². The molecule has 3 aromatic carbocycles. The number of aryl methyl sites for hydroxylation is 1. The Morgan fingerprint density at radius 3 is 2.56 bits per heavy atom. The topological polar surface area (TPSA) is 59.0 Å². The largest absolute Gasteiger partial charge is 0.508 e. The molecule has 1 fully saturated rings. The number of rotatable bonds is 9. The fourth-order valence-corrected chi connectivity index (χ4v) is 5.41. The first-order valence-corrected chi connectivity index (χ1v) is 12.5. The molecule has 0 radical (unpaired) electrons. The average Bonchev–Trinajstić information content (AvgIpc) is 3.18. The van der Waals surface area contributed by atoms with Crippen molar-refractivity contribution >= 4 is 27.2 Å². The molecule has 1 aliphatic rings. The van der Waals surface area contributed by atoms with Crippen LogP contribution in [0.15, 0.2) is 60.7 Å². The Hall–Kier alpha value is -3.49. The molecule has 8 heteroatoms. The number of nitrogens with zero attached hydrogens (tertiary/aromatic N) is 1. The summed E-state index contributed by atoms with van der Waals surface area (Å²) in [6, 6.07) is 16.0. The third kappa shape index (κ3) is 5.05. The highest BCUT2D eigenvalue weighted by molar-refractivity contribution is 7.21. The Kier molecular flexibility index (Phi) is 6.89. The first-order valence-electron chi connectivity index (χ1n) is 11.7. The number of benzene rings is 3. The number of fused-ring (bicyclic) bond motifs is 1. The molecule has 186 valence electrons. The van der Waals surface area contributed by atoms with Gasteiger partial charge in [0.15, 0.2) is 5.75 Å². The van der Waals surface area contributed by atoms with E-state index in [0.29, 0.717) is 49.9 Å². The zero-order valence-corrected chi connectivity index (χ0v) is 20.5. The van der Waals surface area contributed by atoms with Crippen LogP contribution in [0.3, 0.4) is 0 Å². The number of hydrogen-bond donors (Lipinski definition) is 1. The Morgan fingerprint density at radius 2 is 1.83 bits per heavy atom. The van der Waals surface area contributed by atoms with Crippen molar-refractivity contribution in [3.8, 4) is 23.0 Å². The van der Waals surface area contributed by atoms with Gasteiger partial charge in [0.05, 0.1) is 6.67 Å². The number of hydrogen-bond acceptors (Lipinski definition) is 6. The zero-order chi connectivity index (χ0) is 25.2. The number of phenolic OH excluding ortho intramolecular Hbond substituents is 1. The lowest BCUT2D eigenvalue weighted by atomic mass is 10.0. The molecule has 0 aliphatic carbocycles. The van der Waals surface area contributed by atoms with E-state index in [9.17, 15) is 18.7 Å². The summed E-state index contributed by atoms with van der Waals surface area (Å²) < 4.78 is 38.8. The second kappa shape index (κ2) is 10.2. The first-order chi connectivity index (χ1) is 17.4. The molecule has 1 N–H and O–H groups in total. The maximum atomic E-state index is 13.6. The van der Waals surface area contributed by atoms with Crippen molar-refractivity contribution < 1.29 is 28.2 Å². The fraction of sp³-hybridized carbons (Fsp3) is 0.250. The van der Waals surface area contributed by atoms with E-state index in [-0.39, 0.29) is 24.1 Å². The number of carbonyl (C=O) groups is 1. The molecule has 2 heterocycles. The van der Waals surface area contributed by atoms with Gasteiger partial charge >= 0.3 is 0 Å². The smallest absolute Gasteiger partial charge is 0.207 e. The van der Waals surface area contributed by atoms with Crippen LogP contribution in [0.5, 0.6) is 23.0 Å². The molecule has 36 heavy (non-hydrogen) atoms. The van der Waals surface area contributed by atoms with Crippen LogP contribution < -0.4 is 9.47 Å². The highest BCUT2D eigenvalue weighted by atomic mass is 32.1. The van der Waals surface area contributed by atoms with Crippen LogP contribution in [-0.4, -0.2) is 48.7 Å². The molecule has 1 aliphatic heterocycles. The first kappa shape index (κ1) is 24.2. The summed E-state index contributed by atoms with van der Waals surface area (Å²) in [7, 11) is 0. The van der Waals surface area contributed by atoms with Crippen LogP contribution in [0.25, 0.3) is 10.1 Å². The van der Waals surface area contributed by atoms with Gasteiger partial charge in [0, 0.05) is 41.2 Å². The average molecular weight is 510 g/mol. The molecule has 5 rings (SSSR count). The van der Waals surface area contributed by atoms with Crippen molar-refractivity contribution in [3.05, 3.63) is 82.5 Å². The predicted molar refractivity (Wildman–Crippen MR) is 136 cm³/mol. The SMILES string of the molecule is Cc1cc(F)ccc1C(=O)c1sc2cc(O)ccc2c1Oc1ccc(OCCN2CC(CF)C2)cc1. The number of likely N-dealkylation sites (tertiary alicyclic amines) is 1. The molecule has 0 amide bonds. The lowest BCUT2D eigenvalue weighted by molar-refractivity contribution is 0.0668. The standard InChI is InChI=1S/C28H25F2NO4S/c1-17-12-19(30)2-8-23(17)26(33)28-27(24-9-3-20(32)13-25(24)36-28)35-22-6-4-21(5-7-22)34-11-10-31-15-18(14-29)16-31/h2-9,12-13,18,32H,10-11,14-16H2,1H3. The van der Waals surface area contributed by atoms with Gasteiger partial charge in [0.25, 0.3) is 0 Å². The number of phenols is 1. The highest BCUT2D eigenvalue weighted by Gasteiger charge is 2.26. The molecular weight excluding hydrogens is 484 g/mol. The quantitative estimate of drug-likeness (QED) is 0.266. The lowest BCUT2D eigenvalue weighted by Crippen LogP contribution is -2.49. The number of thiophene rings is 1. The summed E-state index contributed by atoms with van der Waals surface area (Å²) in [6.07, 6.45) is 0. The minimum Gasteiger partial charge on any atom is -0.508 e.